The van der Waals surface area contributed by atoms with E-state index in [2.05, 4.69) is 53.8 Å². The molecule has 4 atom stereocenters. The fourth-order valence-corrected chi connectivity index (χ4v) is 7.60. The fourth-order valence-electron chi connectivity index (χ4n) is 6.26. The summed E-state index contributed by atoms with van der Waals surface area (Å²) < 4.78 is 2.01. The van der Waals surface area contributed by atoms with Gasteiger partial charge in [-0.25, -0.2) is 0 Å². The van der Waals surface area contributed by atoms with Gasteiger partial charge in [0.1, 0.15) is 24.2 Å². The Kier molecular flexibility index (Phi) is 14.2. The van der Waals surface area contributed by atoms with E-state index < -0.39 is 53.7 Å². The third-order valence-corrected chi connectivity index (χ3v) is 10.7. The lowest BCUT2D eigenvalue weighted by Crippen LogP contribution is -2.59. The number of H-pyrrole nitrogens is 1. The van der Waals surface area contributed by atoms with Gasteiger partial charge in [-0.1, -0.05) is 48.5 Å². The second kappa shape index (κ2) is 19.2. The SMILES string of the molecule is CC(=O)N[C@@H](Cc1c[nH]c2ccccc12)C(=O)N[C@H](Cc1ccc(I)cc1)C(=O)N[C@@H](CCCN=C(N)N)C(=O)N[C@@H](Cc1csc2ccccc12)C(N)=O. The number of guanidine groups is 1. The first-order chi connectivity index (χ1) is 26.4. The number of hydrogen-bond acceptors (Lipinski definition) is 7. The van der Waals surface area contributed by atoms with Crippen molar-refractivity contribution in [3.63, 3.8) is 0 Å². The molecule has 5 rings (SSSR count). The number of aromatic amines is 1. The number of carbonyl (C=O) groups is 5. The summed E-state index contributed by atoms with van der Waals surface area (Å²) in [5, 5.41) is 14.9. The Bertz CT molecular complexity index is 2180. The van der Waals surface area contributed by atoms with E-state index in [9.17, 15) is 24.0 Å². The molecule has 0 bridgehead atoms. The van der Waals surface area contributed by atoms with Gasteiger partial charge >= 0.3 is 0 Å². The van der Waals surface area contributed by atoms with Crippen molar-refractivity contribution in [2.45, 2.75) is 63.2 Å². The summed E-state index contributed by atoms with van der Waals surface area (Å²) in [5.41, 5.74) is 20.1. The van der Waals surface area contributed by atoms with E-state index in [1.165, 1.54) is 18.3 Å². The highest BCUT2D eigenvalue weighted by molar-refractivity contribution is 14.1. The Balaban J connectivity index is 1.38. The highest BCUT2D eigenvalue weighted by Gasteiger charge is 2.31. The minimum atomic E-state index is -1.16. The van der Waals surface area contributed by atoms with Gasteiger partial charge in [0.2, 0.25) is 29.5 Å². The third kappa shape index (κ3) is 11.5. The van der Waals surface area contributed by atoms with Crippen LogP contribution in [0.4, 0.5) is 0 Å². The molecule has 16 heteroatoms. The van der Waals surface area contributed by atoms with E-state index >= 15 is 0 Å². The molecule has 0 aliphatic rings. The molecule has 55 heavy (non-hydrogen) atoms. The molecule has 0 fully saturated rings. The summed E-state index contributed by atoms with van der Waals surface area (Å²) in [4.78, 5) is 74.2. The first kappa shape index (κ1) is 40.7. The zero-order valence-corrected chi connectivity index (χ0v) is 33.1. The van der Waals surface area contributed by atoms with Crippen LogP contribution in [-0.4, -0.2) is 71.2 Å². The molecular weight excluding hydrogens is 833 g/mol. The van der Waals surface area contributed by atoms with E-state index in [-0.39, 0.29) is 38.2 Å². The molecule has 5 aromatic rings. The van der Waals surface area contributed by atoms with Crippen molar-refractivity contribution in [1.82, 2.24) is 26.3 Å². The van der Waals surface area contributed by atoms with Crippen LogP contribution in [0.2, 0.25) is 0 Å². The number of halogens is 1. The van der Waals surface area contributed by atoms with Gasteiger partial charge in [-0.15, -0.1) is 11.3 Å². The molecule has 3 aromatic carbocycles. The average molecular weight is 878 g/mol. The number of nitrogens with zero attached hydrogens (tertiary/aromatic N) is 1. The van der Waals surface area contributed by atoms with E-state index in [4.69, 9.17) is 17.2 Å². The molecule has 14 nitrogen and oxygen atoms in total. The summed E-state index contributed by atoms with van der Waals surface area (Å²) in [6.45, 7) is 1.49. The molecular formula is C39H44IN9O5S. The molecule has 0 saturated heterocycles. The number of carbonyl (C=O) groups excluding carboxylic acids is 5. The van der Waals surface area contributed by atoms with Gasteiger partial charge in [-0.2, -0.15) is 0 Å². The number of aliphatic imine (C=N–C) groups is 1. The van der Waals surface area contributed by atoms with Crippen LogP contribution in [0, 0.1) is 3.57 Å². The number of amides is 5. The summed E-state index contributed by atoms with van der Waals surface area (Å²) in [7, 11) is 0. The molecule has 5 amide bonds. The van der Waals surface area contributed by atoms with Crippen LogP contribution in [-0.2, 0) is 43.2 Å². The molecule has 2 aromatic heterocycles. The van der Waals surface area contributed by atoms with Crippen molar-refractivity contribution in [2.24, 2.45) is 22.2 Å². The van der Waals surface area contributed by atoms with Crippen molar-refractivity contribution >= 4 is 90.4 Å². The second-order valence-corrected chi connectivity index (χ2v) is 15.3. The minimum absolute atomic E-state index is 0.0752. The van der Waals surface area contributed by atoms with Crippen LogP contribution < -0.4 is 38.5 Å². The number of fused-ring (bicyclic) bond motifs is 2. The lowest BCUT2D eigenvalue weighted by molar-refractivity contribution is -0.134. The van der Waals surface area contributed by atoms with Gasteiger partial charge in [0.05, 0.1) is 0 Å². The molecule has 2 heterocycles. The monoisotopic (exact) mass is 877 g/mol. The van der Waals surface area contributed by atoms with Crippen LogP contribution in [0.1, 0.15) is 36.5 Å². The number of nitrogens with two attached hydrogens (primary N) is 3. The van der Waals surface area contributed by atoms with Gasteiger partial charge in [0.15, 0.2) is 5.96 Å². The maximum atomic E-state index is 14.2. The summed E-state index contributed by atoms with van der Waals surface area (Å²) in [5.74, 6) is -3.16. The molecule has 0 aliphatic carbocycles. The summed E-state index contributed by atoms with van der Waals surface area (Å²) in [6.07, 6.45) is 2.56. The number of benzene rings is 3. The topological polar surface area (TPSA) is 240 Å². The second-order valence-electron chi connectivity index (χ2n) is 13.1. The lowest BCUT2D eigenvalue weighted by atomic mass is 10.0. The smallest absolute Gasteiger partial charge is 0.243 e. The number of hydrogen-bond donors (Lipinski definition) is 8. The fraction of sp³-hybridized carbons (Fsp3) is 0.282. The van der Waals surface area contributed by atoms with Crippen molar-refractivity contribution < 1.29 is 24.0 Å². The van der Waals surface area contributed by atoms with Gasteiger partial charge < -0.3 is 43.5 Å². The predicted molar refractivity (Wildman–Crippen MR) is 223 cm³/mol. The number of para-hydroxylation sites is 1. The Morgan fingerprint density at radius 1 is 0.727 bits per heavy atom. The number of primary amides is 1. The van der Waals surface area contributed by atoms with Crippen LogP contribution in [0.5, 0.6) is 0 Å². The molecule has 0 saturated carbocycles. The van der Waals surface area contributed by atoms with E-state index in [1.807, 2.05) is 78.2 Å². The van der Waals surface area contributed by atoms with Gasteiger partial charge in [-0.3, -0.25) is 29.0 Å². The number of rotatable bonds is 18. The third-order valence-electron chi connectivity index (χ3n) is 9.00. The standard InChI is InChI=1S/C39H44IN9O5S/c1-22(50)46-33(18-24-20-45-29-9-4-2-7-27(24)29)38(54)49-32(17-23-12-14-26(40)15-13-23)37(53)47-30(10-6-16-44-39(42)43)36(52)48-31(35(41)51)19-25-21-55-34-11-5-3-8-28(25)34/h2-5,7-9,11-15,20-21,30-33,45H,6,10,16-19H2,1H3,(H2,41,51)(H,46,50)(H,47,53)(H,48,52)(H,49,54)(H4,42,43,44)/t30-,31-,32+,33-/m0/s1. The normalized spacial score (nSPS) is 13.3. The molecule has 0 spiro atoms. The van der Waals surface area contributed by atoms with Gasteiger partial charge in [0.25, 0.3) is 0 Å². The average Bonchev–Trinajstić information content (AvgIpc) is 3.76. The predicted octanol–water partition coefficient (Wildman–Crippen LogP) is 2.51. The maximum Gasteiger partial charge on any atom is 0.243 e. The lowest BCUT2D eigenvalue weighted by Gasteiger charge is -2.26. The van der Waals surface area contributed by atoms with Crippen molar-refractivity contribution in [1.29, 1.82) is 0 Å². The van der Waals surface area contributed by atoms with Gasteiger partial charge in [0, 0.05) is 58.1 Å². The van der Waals surface area contributed by atoms with Crippen LogP contribution in [0.3, 0.4) is 0 Å². The first-order valence-electron chi connectivity index (χ1n) is 17.7. The van der Waals surface area contributed by atoms with Crippen molar-refractivity contribution in [3.05, 3.63) is 105 Å². The van der Waals surface area contributed by atoms with Gasteiger partial charge in [-0.05, 0) is 87.2 Å². The highest BCUT2D eigenvalue weighted by atomic mass is 127. The maximum absolute atomic E-state index is 14.2. The highest BCUT2D eigenvalue weighted by Crippen LogP contribution is 2.27. The Hall–Kier alpha value is -5.49. The first-order valence-corrected chi connectivity index (χ1v) is 19.6. The van der Waals surface area contributed by atoms with Crippen molar-refractivity contribution in [2.75, 3.05) is 6.54 Å². The Labute approximate surface area is 335 Å². The minimum Gasteiger partial charge on any atom is -0.370 e. The van der Waals surface area contributed by atoms with Crippen LogP contribution >= 0.6 is 33.9 Å². The quantitative estimate of drug-likeness (QED) is 0.0283. The number of thiophene rings is 1. The zero-order valence-electron chi connectivity index (χ0n) is 30.1. The molecule has 288 valence electrons. The largest absolute Gasteiger partial charge is 0.370 e. The molecule has 11 N–H and O–H groups in total. The summed E-state index contributed by atoms with van der Waals surface area (Å²) >= 11 is 3.69. The summed E-state index contributed by atoms with van der Waals surface area (Å²) in [6, 6.07) is 18.3. The molecule has 0 radical (unpaired) electrons. The number of aromatic nitrogens is 1. The van der Waals surface area contributed by atoms with E-state index in [1.54, 1.807) is 6.20 Å². The zero-order chi connectivity index (χ0) is 39.5. The molecule has 0 unspecified atom stereocenters. The van der Waals surface area contributed by atoms with Crippen LogP contribution in [0.15, 0.2) is 89.4 Å². The Morgan fingerprint density at radius 3 is 2.02 bits per heavy atom. The van der Waals surface area contributed by atoms with Crippen LogP contribution in [0.25, 0.3) is 21.0 Å². The number of nitrogens with one attached hydrogen (secondary N) is 5. The van der Waals surface area contributed by atoms with E-state index in [0.717, 1.165) is 41.2 Å². The molecule has 0 aliphatic heterocycles. The van der Waals surface area contributed by atoms with Crippen molar-refractivity contribution in [3.8, 4) is 0 Å². The Morgan fingerprint density at radius 2 is 1.33 bits per heavy atom. The van der Waals surface area contributed by atoms with E-state index in [0.29, 0.717) is 6.42 Å².